The number of carbonyl (C=O) groups is 1. The van der Waals surface area contributed by atoms with Crippen LogP contribution in [0.5, 0.6) is 0 Å². The third-order valence-electron chi connectivity index (χ3n) is 3.76. The van der Waals surface area contributed by atoms with Crippen LogP contribution in [0.3, 0.4) is 0 Å². The van der Waals surface area contributed by atoms with E-state index in [0.29, 0.717) is 23.5 Å². The second kappa shape index (κ2) is 6.92. The number of hydrogen-bond donors (Lipinski definition) is 2. The Hall–Kier alpha value is -1.06. The predicted molar refractivity (Wildman–Crippen MR) is 79.5 cm³/mol. The number of amides is 1. The summed E-state index contributed by atoms with van der Waals surface area (Å²) in [6.07, 6.45) is 5.02. The smallest absolute Gasteiger partial charge is 0.238 e. The highest BCUT2D eigenvalue weighted by Gasteiger charge is 2.21. The monoisotopic (exact) mass is 280 g/mol. The lowest BCUT2D eigenvalue weighted by Gasteiger charge is -2.29. The number of benzene rings is 1. The second-order valence-electron chi connectivity index (χ2n) is 5.30. The SMILES string of the molecule is CC1CCCCC1NCC(=O)Nc1ccc(Cl)cc1. The van der Waals surface area contributed by atoms with E-state index in [1.54, 1.807) is 12.1 Å². The Morgan fingerprint density at radius 1 is 1.26 bits per heavy atom. The van der Waals surface area contributed by atoms with E-state index in [1.165, 1.54) is 25.7 Å². The molecule has 0 aromatic heterocycles. The third-order valence-corrected chi connectivity index (χ3v) is 4.02. The normalized spacial score (nSPS) is 23.1. The number of anilines is 1. The summed E-state index contributed by atoms with van der Waals surface area (Å²) < 4.78 is 0. The highest BCUT2D eigenvalue weighted by atomic mass is 35.5. The fourth-order valence-corrected chi connectivity index (χ4v) is 2.71. The van der Waals surface area contributed by atoms with E-state index >= 15 is 0 Å². The van der Waals surface area contributed by atoms with Crippen molar-refractivity contribution in [3.05, 3.63) is 29.3 Å². The summed E-state index contributed by atoms with van der Waals surface area (Å²) in [5.74, 6) is 0.664. The van der Waals surface area contributed by atoms with Crippen molar-refractivity contribution in [2.24, 2.45) is 5.92 Å². The van der Waals surface area contributed by atoms with Crippen molar-refractivity contribution in [2.75, 3.05) is 11.9 Å². The molecule has 4 heteroatoms. The highest BCUT2D eigenvalue weighted by Crippen LogP contribution is 2.23. The molecule has 104 valence electrons. The van der Waals surface area contributed by atoms with E-state index in [-0.39, 0.29) is 5.91 Å². The van der Waals surface area contributed by atoms with E-state index in [4.69, 9.17) is 11.6 Å². The van der Waals surface area contributed by atoms with Gasteiger partial charge in [-0.1, -0.05) is 31.4 Å². The fourth-order valence-electron chi connectivity index (χ4n) is 2.58. The Kier molecular flexibility index (Phi) is 5.23. The van der Waals surface area contributed by atoms with Crippen LogP contribution in [-0.4, -0.2) is 18.5 Å². The number of hydrogen-bond acceptors (Lipinski definition) is 2. The maximum Gasteiger partial charge on any atom is 0.238 e. The molecule has 1 fully saturated rings. The van der Waals surface area contributed by atoms with E-state index in [1.807, 2.05) is 12.1 Å². The average Bonchev–Trinajstić information content (AvgIpc) is 2.40. The number of nitrogens with one attached hydrogen (secondary N) is 2. The quantitative estimate of drug-likeness (QED) is 0.887. The van der Waals surface area contributed by atoms with Gasteiger partial charge in [-0.25, -0.2) is 0 Å². The van der Waals surface area contributed by atoms with Crippen molar-refractivity contribution < 1.29 is 4.79 Å². The number of carbonyl (C=O) groups excluding carboxylic acids is 1. The van der Waals surface area contributed by atoms with Crippen LogP contribution in [0.25, 0.3) is 0 Å². The van der Waals surface area contributed by atoms with Gasteiger partial charge in [0.2, 0.25) is 5.91 Å². The minimum absolute atomic E-state index is 0.0000888. The Bertz CT molecular complexity index is 419. The molecule has 0 heterocycles. The third kappa shape index (κ3) is 4.51. The molecule has 1 saturated carbocycles. The molecular weight excluding hydrogens is 260 g/mol. The van der Waals surface area contributed by atoms with Crippen molar-refractivity contribution in [2.45, 2.75) is 38.6 Å². The van der Waals surface area contributed by atoms with Gasteiger partial charge in [0.25, 0.3) is 0 Å². The van der Waals surface area contributed by atoms with Gasteiger partial charge < -0.3 is 10.6 Å². The minimum atomic E-state index is 0.0000888. The predicted octanol–water partition coefficient (Wildman–Crippen LogP) is 3.45. The van der Waals surface area contributed by atoms with Gasteiger partial charge in [-0.2, -0.15) is 0 Å². The minimum Gasteiger partial charge on any atom is -0.325 e. The van der Waals surface area contributed by atoms with Crippen molar-refractivity contribution in [1.29, 1.82) is 0 Å². The van der Waals surface area contributed by atoms with E-state index < -0.39 is 0 Å². The summed E-state index contributed by atoms with van der Waals surface area (Å²) in [6.45, 7) is 2.63. The van der Waals surface area contributed by atoms with E-state index in [9.17, 15) is 4.79 Å². The second-order valence-corrected chi connectivity index (χ2v) is 5.74. The molecule has 1 amide bonds. The van der Waals surface area contributed by atoms with Crippen LogP contribution >= 0.6 is 11.6 Å². The van der Waals surface area contributed by atoms with Gasteiger partial charge in [0.1, 0.15) is 0 Å². The lowest BCUT2D eigenvalue weighted by atomic mass is 9.86. The molecule has 2 atom stereocenters. The molecule has 3 nitrogen and oxygen atoms in total. The molecule has 2 rings (SSSR count). The summed E-state index contributed by atoms with van der Waals surface area (Å²) in [5.41, 5.74) is 0.785. The molecular formula is C15H21ClN2O. The summed E-state index contributed by atoms with van der Waals surface area (Å²) in [6, 6.07) is 7.64. The van der Waals surface area contributed by atoms with Crippen LogP contribution in [0, 0.1) is 5.92 Å². The van der Waals surface area contributed by atoms with Crippen molar-refractivity contribution >= 4 is 23.2 Å². The highest BCUT2D eigenvalue weighted by molar-refractivity contribution is 6.30. The molecule has 1 aliphatic rings. The molecule has 1 aromatic rings. The Morgan fingerprint density at radius 3 is 2.63 bits per heavy atom. The number of halogens is 1. The largest absolute Gasteiger partial charge is 0.325 e. The molecule has 0 spiro atoms. The van der Waals surface area contributed by atoms with Crippen LogP contribution in [-0.2, 0) is 4.79 Å². The van der Waals surface area contributed by atoms with Gasteiger partial charge in [0.05, 0.1) is 6.54 Å². The van der Waals surface area contributed by atoms with Gasteiger partial charge in [-0.05, 0) is 43.0 Å². The fraction of sp³-hybridized carbons (Fsp3) is 0.533. The summed E-state index contributed by atoms with van der Waals surface area (Å²) in [7, 11) is 0. The molecule has 0 saturated heterocycles. The lowest BCUT2D eigenvalue weighted by molar-refractivity contribution is -0.115. The van der Waals surface area contributed by atoms with Crippen LogP contribution in [0.2, 0.25) is 5.02 Å². The number of rotatable bonds is 4. The maximum absolute atomic E-state index is 11.8. The van der Waals surface area contributed by atoms with Gasteiger partial charge in [-0.15, -0.1) is 0 Å². The van der Waals surface area contributed by atoms with E-state index in [0.717, 1.165) is 5.69 Å². The molecule has 19 heavy (non-hydrogen) atoms. The zero-order chi connectivity index (χ0) is 13.7. The maximum atomic E-state index is 11.8. The molecule has 2 N–H and O–H groups in total. The molecule has 0 radical (unpaired) electrons. The van der Waals surface area contributed by atoms with Gasteiger partial charge in [0.15, 0.2) is 0 Å². The molecule has 0 bridgehead atoms. The van der Waals surface area contributed by atoms with Crippen LogP contribution in [0.4, 0.5) is 5.69 Å². The Labute approximate surface area is 119 Å². The first-order chi connectivity index (χ1) is 9.15. The Morgan fingerprint density at radius 2 is 1.95 bits per heavy atom. The summed E-state index contributed by atoms with van der Waals surface area (Å²) in [4.78, 5) is 11.8. The van der Waals surface area contributed by atoms with Gasteiger partial charge in [0, 0.05) is 16.8 Å². The van der Waals surface area contributed by atoms with Crippen LogP contribution < -0.4 is 10.6 Å². The van der Waals surface area contributed by atoms with E-state index in [2.05, 4.69) is 17.6 Å². The zero-order valence-corrected chi connectivity index (χ0v) is 12.0. The lowest BCUT2D eigenvalue weighted by Crippen LogP contribution is -2.41. The summed E-state index contributed by atoms with van der Waals surface area (Å²) in [5, 5.41) is 6.90. The first kappa shape index (κ1) is 14.4. The Balaban J connectivity index is 1.76. The van der Waals surface area contributed by atoms with Gasteiger partial charge in [-0.3, -0.25) is 4.79 Å². The molecule has 1 aliphatic carbocycles. The van der Waals surface area contributed by atoms with Crippen molar-refractivity contribution in [3.8, 4) is 0 Å². The van der Waals surface area contributed by atoms with Gasteiger partial charge >= 0.3 is 0 Å². The molecule has 2 unspecified atom stereocenters. The summed E-state index contributed by atoms with van der Waals surface area (Å²) >= 11 is 5.80. The first-order valence-corrected chi connectivity index (χ1v) is 7.32. The topological polar surface area (TPSA) is 41.1 Å². The zero-order valence-electron chi connectivity index (χ0n) is 11.3. The van der Waals surface area contributed by atoms with Crippen LogP contribution in [0.1, 0.15) is 32.6 Å². The average molecular weight is 281 g/mol. The van der Waals surface area contributed by atoms with Crippen LogP contribution in [0.15, 0.2) is 24.3 Å². The van der Waals surface area contributed by atoms with Crippen molar-refractivity contribution in [1.82, 2.24) is 5.32 Å². The van der Waals surface area contributed by atoms with Crippen molar-refractivity contribution in [3.63, 3.8) is 0 Å². The standard InChI is InChI=1S/C15H21ClN2O/c1-11-4-2-3-5-14(11)17-10-15(19)18-13-8-6-12(16)7-9-13/h6-9,11,14,17H,2-5,10H2,1H3,(H,18,19). The molecule has 0 aliphatic heterocycles. The molecule has 1 aromatic carbocycles. The first-order valence-electron chi connectivity index (χ1n) is 6.94.